The van der Waals surface area contributed by atoms with E-state index in [1.165, 1.54) is 116 Å². The predicted molar refractivity (Wildman–Crippen MR) is 163 cm³/mol. The fourth-order valence-electron chi connectivity index (χ4n) is 5.73. The topological polar surface area (TPSA) is 49.7 Å². The molecule has 37 heavy (non-hydrogen) atoms. The molecule has 0 heterocycles. The molecule has 0 aliphatic carbocycles. The van der Waals surface area contributed by atoms with Gasteiger partial charge in [0.15, 0.2) is 0 Å². The van der Waals surface area contributed by atoms with Gasteiger partial charge in [-0.2, -0.15) is 0 Å². The number of unbranched alkanes of at least 4 members (excludes halogenated alkanes) is 16. The van der Waals surface area contributed by atoms with Crippen molar-refractivity contribution in [2.75, 3.05) is 13.2 Å². The first-order chi connectivity index (χ1) is 18.1. The van der Waals surface area contributed by atoms with E-state index < -0.39 is 0 Å². The third-order valence-electron chi connectivity index (χ3n) is 8.55. The minimum Gasteiger partial charge on any atom is -0.393 e. The summed E-state index contributed by atoms with van der Waals surface area (Å²) in [6.45, 7) is 10.2. The summed E-state index contributed by atoms with van der Waals surface area (Å²) < 4.78 is 6.04. The van der Waals surface area contributed by atoms with Crippen LogP contribution in [0.5, 0.6) is 0 Å². The summed E-state index contributed by atoms with van der Waals surface area (Å²) in [6, 6.07) is 0. The molecule has 0 aliphatic rings. The molecule has 0 amide bonds. The highest BCUT2D eigenvalue weighted by Gasteiger charge is 2.19. The van der Waals surface area contributed by atoms with Gasteiger partial charge in [-0.3, -0.25) is 0 Å². The molecule has 0 bridgehead atoms. The average Bonchev–Trinajstić information content (AvgIpc) is 2.92. The van der Waals surface area contributed by atoms with Gasteiger partial charge < -0.3 is 14.9 Å². The van der Waals surface area contributed by atoms with Crippen molar-refractivity contribution in [3.05, 3.63) is 0 Å². The summed E-state index contributed by atoms with van der Waals surface area (Å²) in [7, 11) is 0. The first-order valence-electron chi connectivity index (χ1n) is 17.0. The predicted octanol–water partition coefficient (Wildman–Crippen LogP) is 10.4. The van der Waals surface area contributed by atoms with Crippen LogP contribution < -0.4 is 0 Å². The molecular formula is C34H70O3. The second-order valence-electron chi connectivity index (χ2n) is 11.9. The van der Waals surface area contributed by atoms with Gasteiger partial charge in [0.2, 0.25) is 0 Å². The van der Waals surface area contributed by atoms with Crippen LogP contribution in [0, 0.1) is 11.8 Å². The van der Waals surface area contributed by atoms with E-state index >= 15 is 0 Å². The van der Waals surface area contributed by atoms with Gasteiger partial charge in [-0.25, -0.2) is 0 Å². The summed E-state index contributed by atoms with van der Waals surface area (Å²) in [5.74, 6) is 0.738. The summed E-state index contributed by atoms with van der Waals surface area (Å²) >= 11 is 0. The molecule has 0 saturated carbocycles. The normalized spacial score (nSPS) is 15.1. The molecule has 0 aromatic heterocycles. The SMILES string of the molecule is CCCCCCCCCCCC(CCOCCC(CCCCCCCCCCC)C(O)CC)C(O)CC. The second-order valence-corrected chi connectivity index (χ2v) is 11.9. The molecule has 3 nitrogen and oxygen atoms in total. The Labute approximate surface area is 233 Å². The zero-order chi connectivity index (χ0) is 27.4. The van der Waals surface area contributed by atoms with Gasteiger partial charge in [0.1, 0.15) is 0 Å². The maximum atomic E-state index is 10.5. The molecule has 0 fully saturated rings. The van der Waals surface area contributed by atoms with Crippen molar-refractivity contribution in [1.82, 2.24) is 0 Å². The van der Waals surface area contributed by atoms with Crippen LogP contribution in [0.4, 0.5) is 0 Å². The molecular weight excluding hydrogens is 456 g/mol. The highest BCUT2D eigenvalue weighted by atomic mass is 16.5. The number of rotatable bonds is 30. The van der Waals surface area contributed by atoms with Crippen LogP contribution in [0.3, 0.4) is 0 Å². The van der Waals surface area contributed by atoms with Crippen LogP contribution in [0.15, 0.2) is 0 Å². The van der Waals surface area contributed by atoms with Gasteiger partial charge in [0.25, 0.3) is 0 Å². The Balaban J connectivity index is 4.00. The minimum absolute atomic E-state index is 0.195. The number of aliphatic hydroxyl groups excluding tert-OH is 2. The monoisotopic (exact) mass is 527 g/mol. The van der Waals surface area contributed by atoms with Crippen molar-refractivity contribution in [3.63, 3.8) is 0 Å². The molecule has 4 unspecified atom stereocenters. The van der Waals surface area contributed by atoms with Gasteiger partial charge in [-0.05, 0) is 50.4 Å². The van der Waals surface area contributed by atoms with E-state index in [-0.39, 0.29) is 12.2 Å². The van der Waals surface area contributed by atoms with Crippen molar-refractivity contribution in [1.29, 1.82) is 0 Å². The highest BCUT2D eigenvalue weighted by Crippen LogP contribution is 2.23. The molecule has 0 spiro atoms. The van der Waals surface area contributed by atoms with Crippen molar-refractivity contribution >= 4 is 0 Å². The number of ether oxygens (including phenoxy) is 1. The van der Waals surface area contributed by atoms with Crippen LogP contribution in [0.25, 0.3) is 0 Å². The number of hydrogen-bond acceptors (Lipinski definition) is 3. The Morgan fingerprint density at radius 1 is 0.405 bits per heavy atom. The quantitative estimate of drug-likeness (QED) is 0.0915. The maximum Gasteiger partial charge on any atom is 0.0566 e. The Morgan fingerprint density at radius 2 is 0.703 bits per heavy atom. The lowest BCUT2D eigenvalue weighted by Gasteiger charge is -2.24. The van der Waals surface area contributed by atoms with E-state index in [2.05, 4.69) is 27.7 Å². The summed E-state index contributed by atoms with van der Waals surface area (Å²) in [5.41, 5.74) is 0. The second kappa shape index (κ2) is 28.9. The zero-order valence-corrected chi connectivity index (χ0v) is 26.0. The third-order valence-corrected chi connectivity index (χ3v) is 8.55. The van der Waals surface area contributed by atoms with Crippen molar-refractivity contribution < 1.29 is 14.9 Å². The van der Waals surface area contributed by atoms with Crippen molar-refractivity contribution in [3.8, 4) is 0 Å². The number of aliphatic hydroxyl groups is 2. The lowest BCUT2D eigenvalue weighted by atomic mass is 9.90. The molecule has 2 N–H and O–H groups in total. The van der Waals surface area contributed by atoms with Crippen molar-refractivity contribution in [2.24, 2.45) is 11.8 Å². The zero-order valence-electron chi connectivity index (χ0n) is 26.0. The molecule has 0 radical (unpaired) electrons. The largest absolute Gasteiger partial charge is 0.393 e. The van der Waals surface area contributed by atoms with E-state index in [4.69, 9.17) is 4.74 Å². The Morgan fingerprint density at radius 3 is 1.00 bits per heavy atom. The van der Waals surface area contributed by atoms with Gasteiger partial charge in [-0.1, -0.05) is 143 Å². The fraction of sp³-hybridized carbons (Fsp3) is 1.00. The van der Waals surface area contributed by atoms with E-state index in [1.807, 2.05) is 0 Å². The molecule has 3 heteroatoms. The van der Waals surface area contributed by atoms with E-state index in [1.54, 1.807) is 0 Å². The molecule has 0 aromatic rings. The van der Waals surface area contributed by atoms with Gasteiger partial charge in [-0.15, -0.1) is 0 Å². The van der Waals surface area contributed by atoms with Crippen LogP contribution in [-0.4, -0.2) is 35.6 Å². The fourth-order valence-corrected chi connectivity index (χ4v) is 5.73. The van der Waals surface area contributed by atoms with Crippen molar-refractivity contribution in [2.45, 2.75) is 194 Å². The number of hydrogen-bond donors (Lipinski definition) is 2. The third kappa shape index (κ3) is 23.5. The summed E-state index contributed by atoms with van der Waals surface area (Å²) in [5, 5.41) is 21.0. The van der Waals surface area contributed by atoms with Gasteiger partial charge >= 0.3 is 0 Å². The first kappa shape index (κ1) is 36.9. The minimum atomic E-state index is -0.195. The Bertz CT molecular complexity index is 389. The molecule has 0 rings (SSSR count). The van der Waals surface area contributed by atoms with Crippen LogP contribution >= 0.6 is 0 Å². The molecule has 0 saturated heterocycles. The lowest BCUT2D eigenvalue weighted by molar-refractivity contribution is 0.0383. The van der Waals surface area contributed by atoms with Crippen LogP contribution in [0.2, 0.25) is 0 Å². The standard InChI is InChI=1S/C34H70O3/c1-5-9-11-13-15-17-19-21-23-25-31(33(35)7-3)27-29-37-30-28-32(34(36)8-4)26-24-22-20-18-16-14-12-10-6-2/h31-36H,5-30H2,1-4H3. The van der Waals surface area contributed by atoms with E-state index in [0.29, 0.717) is 11.8 Å². The molecule has 0 aliphatic heterocycles. The van der Waals surface area contributed by atoms with Gasteiger partial charge in [0.05, 0.1) is 12.2 Å². The first-order valence-corrected chi connectivity index (χ1v) is 17.0. The Hall–Kier alpha value is -0.120. The molecule has 224 valence electrons. The van der Waals surface area contributed by atoms with Crippen LogP contribution in [0.1, 0.15) is 182 Å². The molecule has 4 atom stereocenters. The van der Waals surface area contributed by atoms with E-state index in [0.717, 1.165) is 51.7 Å². The summed E-state index contributed by atoms with van der Waals surface area (Å²) in [6.07, 6.45) is 29.8. The lowest BCUT2D eigenvalue weighted by Crippen LogP contribution is -2.23. The Kier molecular flexibility index (Phi) is 28.8. The van der Waals surface area contributed by atoms with E-state index in [9.17, 15) is 10.2 Å². The smallest absolute Gasteiger partial charge is 0.0566 e. The maximum absolute atomic E-state index is 10.5. The van der Waals surface area contributed by atoms with Gasteiger partial charge in [0, 0.05) is 13.2 Å². The summed E-state index contributed by atoms with van der Waals surface area (Å²) in [4.78, 5) is 0. The van der Waals surface area contributed by atoms with Crippen LogP contribution in [-0.2, 0) is 4.74 Å². The highest BCUT2D eigenvalue weighted by molar-refractivity contribution is 4.70. The average molecular weight is 527 g/mol. The molecule has 0 aromatic carbocycles.